The highest BCUT2D eigenvalue weighted by molar-refractivity contribution is 14.0. The highest BCUT2D eigenvalue weighted by Gasteiger charge is 2.21. The Morgan fingerprint density at radius 2 is 1.77 bits per heavy atom. The quantitative estimate of drug-likeness (QED) is 0.189. The number of nitrogens with zero attached hydrogens (tertiary/aromatic N) is 2. The summed E-state index contributed by atoms with van der Waals surface area (Å²) in [6, 6.07) is 6.47. The number of ether oxygens (including phenoxy) is 3. The molecule has 1 aromatic rings. The first-order chi connectivity index (χ1) is 14.5. The summed E-state index contributed by atoms with van der Waals surface area (Å²) in [4.78, 5) is 7.10. The zero-order valence-electron chi connectivity index (χ0n) is 19.8. The molecule has 0 spiro atoms. The molecule has 1 fully saturated rings. The Labute approximate surface area is 205 Å². The van der Waals surface area contributed by atoms with Crippen molar-refractivity contribution >= 4 is 35.6 Å². The van der Waals surface area contributed by atoms with Crippen LogP contribution < -0.4 is 25.0 Å². The maximum atomic E-state index is 5.64. The van der Waals surface area contributed by atoms with Crippen molar-refractivity contribution in [1.29, 1.82) is 0 Å². The van der Waals surface area contributed by atoms with Crippen LogP contribution in [0.1, 0.15) is 40.0 Å². The number of benzene rings is 1. The summed E-state index contributed by atoms with van der Waals surface area (Å²) in [5.41, 5.74) is 1.15. The molecule has 1 aliphatic heterocycles. The first-order valence-corrected chi connectivity index (χ1v) is 11.2. The number of hydrogen-bond acceptors (Lipinski definition) is 5. The van der Waals surface area contributed by atoms with Crippen LogP contribution in [0.25, 0.3) is 0 Å². The SMILES string of the molecule is CCNC(=NCCCOCC(C)C)NC1CCN(c2cc(OC)cc(OC)c2)CC1.I. The van der Waals surface area contributed by atoms with Crippen molar-refractivity contribution in [3.63, 3.8) is 0 Å². The molecule has 2 rings (SSSR count). The van der Waals surface area contributed by atoms with Gasteiger partial charge in [0.05, 0.1) is 14.2 Å². The van der Waals surface area contributed by atoms with Crippen LogP contribution in [0, 0.1) is 5.92 Å². The molecule has 1 saturated heterocycles. The van der Waals surface area contributed by atoms with Crippen LogP contribution in [0.4, 0.5) is 5.69 Å². The third-order valence-electron chi connectivity index (χ3n) is 5.05. The number of guanidine groups is 1. The van der Waals surface area contributed by atoms with Gasteiger partial charge in [0.1, 0.15) is 11.5 Å². The summed E-state index contributed by atoms with van der Waals surface area (Å²) < 4.78 is 16.5. The molecule has 7 nitrogen and oxygen atoms in total. The number of aliphatic imine (C=N–C) groups is 1. The standard InChI is InChI=1S/C23H40N4O3.HI/c1-6-24-23(25-10-7-13-30-17-18(2)3)26-19-8-11-27(12-9-19)20-14-21(28-4)16-22(15-20)29-5;/h14-16,18-19H,6-13,17H2,1-5H3,(H2,24,25,26);1H. The molecule has 1 heterocycles. The lowest BCUT2D eigenvalue weighted by Crippen LogP contribution is -2.48. The number of nitrogens with one attached hydrogen (secondary N) is 2. The molecule has 0 saturated carbocycles. The van der Waals surface area contributed by atoms with Gasteiger partial charge in [-0.1, -0.05) is 13.8 Å². The van der Waals surface area contributed by atoms with Crippen molar-refractivity contribution in [1.82, 2.24) is 10.6 Å². The summed E-state index contributed by atoms with van der Waals surface area (Å²) in [6.45, 7) is 11.6. The van der Waals surface area contributed by atoms with E-state index in [0.717, 1.165) is 81.8 Å². The Balaban J connectivity index is 0.00000480. The Kier molecular flexibility index (Phi) is 13.7. The van der Waals surface area contributed by atoms with E-state index in [2.05, 4.69) is 48.4 Å². The predicted octanol–water partition coefficient (Wildman–Crippen LogP) is 3.91. The van der Waals surface area contributed by atoms with E-state index in [4.69, 9.17) is 19.2 Å². The van der Waals surface area contributed by atoms with Crippen LogP contribution in [0.3, 0.4) is 0 Å². The smallest absolute Gasteiger partial charge is 0.191 e. The van der Waals surface area contributed by atoms with Crippen molar-refractivity contribution in [3.8, 4) is 11.5 Å². The topological polar surface area (TPSA) is 67.4 Å². The van der Waals surface area contributed by atoms with Gasteiger partial charge in [-0.2, -0.15) is 0 Å². The van der Waals surface area contributed by atoms with Crippen LogP contribution >= 0.6 is 24.0 Å². The van der Waals surface area contributed by atoms with E-state index in [9.17, 15) is 0 Å². The Hall–Kier alpha value is -1.42. The number of halogens is 1. The maximum absolute atomic E-state index is 5.64. The fraction of sp³-hybridized carbons (Fsp3) is 0.696. The fourth-order valence-electron chi connectivity index (χ4n) is 3.45. The second kappa shape index (κ2) is 15.4. The van der Waals surface area contributed by atoms with Gasteiger partial charge in [-0.15, -0.1) is 24.0 Å². The zero-order chi connectivity index (χ0) is 21.8. The molecule has 31 heavy (non-hydrogen) atoms. The lowest BCUT2D eigenvalue weighted by molar-refractivity contribution is 0.109. The maximum Gasteiger partial charge on any atom is 0.191 e. The van der Waals surface area contributed by atoms with Gasteiger partial charge in [-0.25, -0.2) is 0 Å². The van der Waals surface area contributed by atoms with Crippen molar-refractivity contribution in [2.45, 2.75) is 46.1 Å². The Bertz CT molecular complexity index is 627. The number of methoxy groups -OCH3 is 2. The molecule has 0 unspecified atom stereocenters. The molecule has 8 heteroatoms. The number of hydrogen-bond donors (Lipinski definition) is 2. The molecule has 1 aromatic carbocycles. The number of rotatable bonds is 11. The largest absolute Gasteiger partial charge is 0.497 e. The van der Waals surface area contributed by atoms with Gasteiger partial charge in [0.2, 0.25) is 0 Å². The van der Waals surface area contributed by atoms with E-state index in [0.29, 0.717) is 12.0 Å². The summed E-state index contributed by atoms with van der Waals surface area (Å²) in [7, 11) is 3.37. The molecular weight excluding hydrogens is 507 g/mol. The highest BCUT2D eigenvalue weighted by Crippen LogP contribution is 2.30. The minimum atomic E-state index is 0. The minimum absolute atomic E-state index is 0. The third-order valence-corrected chi connectivity index (χ3v) is 5.05. The van der Waals surface area contributed by atoms with Gasteiger partial charge < -0.3 is 29.7 Å². The molecule has 0 aliphatic carbocycles. The highest BCUT2D eigenvalue weighted by atomic mass is 127. The number of piperidine rings is 1. The molecule has 178 valence electrons. The second-order valence-corrected chi connectivity index (χ2v) is 8.06. The molecule has 0 bridgehead atoms. The van der Waals surface area contributed by atoms with Gasteiger partial charge >= 0.3 is 0 Å². The molecule has 0 atom stereocenters. The fourth-order valence-corrected chi connectivity index (χ4v) is 3.45. The normalized spacial score (nSPS) is 14.9. The van der Waals surface area contributed by atoms with Crippen LogP contribution in [0.2, 0.25) is 0 Å². The Morgan fingerprint density at radius 3 is 2.32 bits per heavy atom. The zero-order valence-corrected chi connectivity index (χ0v) is 22.1. The van der Waals surface area contributed by atoms with Crippen molar-refractivity contribution in [2.75, 3.05) is 58.5 Å². The van der Waals surface area contributed by atoms with Crippen LogP contribution in [-0.2, 0) is 4.74 Å². The van der Waals surface area contributed by atoms with E-state index in [-0.39, 0.29) is 24.0 Å². The van der Waals surface area contributed by atoms with Crippen molar-refractivity contribution < 1.29 is 14.2 Å². The summed E-state index contributed by atoms with van der Waals surface area (Å²) in [5.74, 6) is 3.13. The van der Waals surface area contributed by atoms with Gasteiger partial charge in [-0.05, 0) is 32.1 Å². The van der Waals surface area contributed by atoms with Gasteiger partial charge in [0.25, 0.3) is 0 Å². The van der Waals surface area contributed by atoms with Crippen molar-refractivity contribution in [2.24, 2.45) is 10.9 Å². The van der Waals surface area contributed by atoms with E-state index in [1.807, 2.05) is 6.07 Å². The summed E-state index contributed by atoms with van der Waals surface area (Å²) >= 11 is 0. The lowest BCUT2D eigenvalue weighted by Gasteiger charge is -2.34. The van der Waals surface area contributed by atoms with E-state index >= 15 is 0 Å². The van der Waals surface area contributed by atoms with E-state index in [1.165, 1.54) is 0 Å². The average Bonchev–Trinajstić information content (AvgIpc) is 2.76. The monoisotopic (exact) mass is 548 g/mol. The first kappa shape index (κ1) is 27.6. The third kappa shape index (κ3) is 10.2. The first-order valence-electron chi connectivity index (χ1n) is 11.2. The van der Waals surface area contributed by atoms with E-state index in [1.54, 1.807) is 14.2 Å². The molecule has 0 aromatic heterocycles. The molecule has 2 N–H and O–H groups in total. The van der Waals surface area contributed by atoms with Crippen LogP contribution in [0.5, 0.6) is 11.5 Å². The molecule has 1 aliphatic rings. The molecule has 0 radical (unpaired) electrons. The second-order valence-electron chi connectivity index (χ2n) is 8.06. The summed E-state index contributed by atoms with van der Waals surface area (Å²) in [5, 5.41) is 6.97. The van der Waals surface area contributed by atoms with Gasteiger partial charge in [0, 0.05) is 69.3 Å². The minimum Gasteiger partial charge on any atom is -0.497 e. The lowest BCUT2D eigenvalue weighted by atomic mass is 10.0. The Morgan fingerprint density at radius 1 is 1.13 bits per heavy atom. The average molecular weight is 549 g/mol. The molecule has 0 amide bonds. The van der Waals surface area contributed by atoms with Crippen LogP contribution in [-0.4, -0.2) is 65.6 Å². The number of anilines is 1. The van der Waals surface area contributed by atoms with Gasteiger partial charge in [-0.3, -0.25) is 4.99 Å². The van der Waals surface area contributed by atoms with Crippen LogP contribution in [0.15, 0.2) is 23.2 Å². The predicted molar refractivity (Wildman–Crippen MR) is 140 cm³/mol. The molecular formula is C23H41IN4O3. The van der Waals surface area contributed by atoms with Crippen molar-refractivity contribution in [3.05, 3.63) is 18.2 Å². The van der Waals surface area contributed by atoms with Gasteiger partial charge in [0.15, 0.2) is 5.96 Å². The summed E-state index contributed by atoms with van der Waals surface area (Å²) in [6.07, 6.45) is 3.06. The van der Waals surface area contributed by atoms with E-state index < -0.39 is 0 Å².